The second kappa shape index (κ2) is 6.97. The van der Waals surface area contributed by atoms with Gasteiger partial charge in [-0.3, -0.25) is 9.59 Å². The summed E-state index contributed by atoms with van der Waals surface area (Å²) in [7, 11) is 0. The summed E-state index contributed by atoms with van der Waals surface area (Å²) in [5, 5.41) is 12.7. The minimum Gasteiger partial charge on any atom is -0.381 e. The average molecular weight is 319 g/mol. The van der Waals surface area contributed by atoms with Crippen LogP contribution < -0.4 is 10.2 Å². The van der Waals surface area contributed by atoms with Crippen LogP contribution in [0.3, 0.4) is 0 Å². The van der Waals surface area contributed by atoms with Crippen molar-refractivity contribution in [2.24, 2.45) is 0 Å². The lowest BCUT2D eigenvalue weighted by atomic mass is 10.1. The van der Waals surface area contributed by atoms with Gasteiger partial charge < -0.3 is 5.32 Å². The number of anilines is 2. The summed E-state index contributed by atoms with van der Waals surface area (Å²) in [6, 6.07) is 17.1. The zero-order valence-electron chi connectivity index (χ0n) is 13.2. The van der Waals surface area contributed by atoms with Crippen LogP contribution in [0, 0.1) is 11.3 Å². The number of hydrogen-bond acceptors (Lipinski definition) is 4. The highest BCUT2D eigenvalue weighted by atomic mass is 16.2. The van der Waals surface area contributed by atoms with Gasteiger partial charge in [-0.15, -0.1) is 0 Å². The monoisotopic (exact) mass is 319 g/mol. The number of nitriles is 1. The fourth-order valence-electron chi connectivity index (χ4n) is 2.75. The van der Waals surface area contributed by atoms with Crippen LogP contribution in [0.15, 0.2) is 48.5 Å². The summed E-state index contributed by atoms with van der Waals surface area (Å²) in [6.45, 7) is 0.632. The molecule has 5 nitrogen and oxygen atoms in total. The van der Waals surface area contributed by atoms with E-state index in [-0.39, 0.29) is 11.8 Å². The molecular formula is C19H17N3O2. The van der Waals surface area contributed by atoms with Crippen molar-refractivity contribution in [3.05, 3.63) is 59.7 Å². The van der Waals surface area contributed by atoms with Gasteiger partial charge in [0.25, 0.3) is 0 Å². The molecule has 0 spiro atoms. The molecule has 1 N–H and O–H groups in total. The largest absolute Gasteiger partial charge is 0.381 e. The van der Waals surface area contributed by atoms with Gasteiger partial charge in [0, 0.05) is 25.1 Å². The van der Waals surface area contributed by atoms with E-state index in [2.05, 4.69) is 11.4 Å². The van der Waals surface area contributed by atoms with E-state index in [1.165, 1.54) is 0 Å². The van der Waals surface area contributed by atoms with Crippen LogP contribution in [0.2, 0.25) is 0 Å². The summed E-state index contributed by atoms with van der Waals surface area (Å²) in [5.41, 5.74) is 2.59. The molecule has 2 aromatic carbocycles. The van der Waals surface area contributed by atoms with Crippen LogP contribution in [0.25, 0.3) is 0 Å². The molecule has 0 atom stereocenters. The van der Waals surface area contributed by atoms with E-state index in [9.17, 15) is 14.9 Å². The number of carbonyl (C=O) groups is 2. The first-order valence-electron chi connectivity index (χ1n) is 7.87. The minimum atomic E-state index is -0.243. The molecule has 3 rings (SSSR count). The molecule has 1 aliphatic heterocycles. The Balaban J connectivity index is 1.82. The van der Waals surface area contributed by atoms with Crippen LogP contribution in [0.1, 0.15) is 30.4 Å². The Morgan fingerprint density at radius 2 is 1.75 bits per heavy atom. The molecule has 0 aromatic heterocycles. The van der Waals surface area contributed by atoms with E-state index in [0.717, 1.165) is 16.2 Å². The molecule has 2 amide bonds. The minimum absolute atomic E-state index is 0.243. The maximum absolute atomic E-state index is 12.0. The van der Waals surface area contributed by atoms with E-state index in [4.69, 9.17) is 0 Å². The van der Waals surface area contributed by atoms with Crippen LogP contribution in [-0.4, -0.2) is 11.8 Å². The van der Waals surface area contributed by atoms with Gasteiger partial charge in [-0.2, -0.15) is 5.26 Å². The maximum Gasteiger partial charge on any atom is 0.233 e. The Labute approximate surface area is 140 Å². The van der Waals surface area contributed by atoms with Crippen molar-refractivity contribution in [3.63, 3.8) is 0 Å². The Kier molecular flexibility index (Phi) is 4.57. The van der Waals surface area contributed by atoms with Gasteiger partial charge >= 0.3 is 0 Å². The molecule has 0 aliphatic carbocycles. The van der Waals surface area contributed by atoms with E-state index in [0.29, 0.717) is 37.1 Å². The number of piperidine rings is 1. The fourth-order valence-corrected chi connectivity index (χ4v) is 2.75. The van der Waals surface area contributed by atoms with Gasteiger partial charge in [0.15, 0.2) is 0 Å². The highest BCUT2D eigenvalue weighted by Crippen LogP contribution is 2.28. The third-order valence-electron chi connectivity index (χ3n) is 3.98. The highest BCUT2D eigenvalue weighted by molar-refractivity contribution is 6.17. The Morgan fingerprint density at radius 1 is 1.04 bits per heavy atom. The van der Waals surface area contributed by atoms with Gasteiger partial charge in [-0.05, 0) is 30.2 Å². The molecule has 0 saturated carbocycles. The third-order valence-corrected chi connectivity index (χ3v) is 3.98. The predicted molar refractivity (Wildman–Crippen MR) is 91.3 cm³/mol. The van der Waals surface area contributed by atoms with Crippen molar-refractivity contribution in [1.29, 1.82) is 5.26 Å². The maximum atomic E-state index is 12.0. The molecule has 1 heterocycles. The fraction of sp³-hybridized carbons (Fsp3) is 0.211. The number of rotatable bonds is 4. The zero-order valence-corrected chi connectivity index (χ0v) is 13.2. The molecule has 0 unspecified atom stereocenters. The van der Waals surface area contributed by atoms with Gasteiger partial charge in [0.2, 0.25) is 11.8 Å². The lowest BCUT2D eigenvalue weighted by molar-refractivity contribution is -0.129. The van der Waals surface area contributed by atoms with Crippen LogP contribution in [-0.2, 0) is 16.1 Å². The second-order valence-corrected chi connectivity index (χ2v) is 5.66. The number of nitrogens with one attached hydrogen (secondary N) is 1. The average Bonchev–Trinajstić information content (AvgIpc) is 2.61. The summed E-state index contributed by atoms with van der Waals surface area (Å²) in [5.74, 6) is -0.486. The molecule has 0 bridgehead atoms. The smallest absolute Gasteiger partial charge is 0.233 e. The van der Waals surface area contributed by atoms with Gasteiger partial charge in [0.05, 0.1) is 11.3 Å². The number of hydrogen-bond donors (Lipinski definition) is 1. The van der Waals surface area contributed by atoms with Crippen LogP contribution in [0.5, 0.6) is 0 Å². The van der Waals surface area contributed by atoms with Crippen molar-refractivity contribution in [2.45, 2.75) is 25.8 Å². The normalized spacial score (nSPS) is 14.4. The first-order chi connectivity index (χ1) is 11.7. The van der Waals surface area contributed by atoms with Crippen molar-refractivity contribution in [1.82, 2.24) is 0 Å². The standard InChI is InChI=1S/C19H17N3O2/c20-12-15-11-16(21-13-14-5-2-1-3-6-14)9-10-17(15)22-18(23)7-4-8-19(22)24/h1-3,5-6,9-11,21H,4,7-8,13H2. The lowest BCUT2D eigenvalue weighted by Gasteiger charge is -2.25. The first kappa shape index (κ1) is 15.8. The zero-order chi connectivity index (χ0) is 16.9. The van der Waals surface area contributed by atoms with Gasteiger partial charge in [-0.25, -0.2) is 4.90 Å². The Bertz CT molecular complexity index is 793. The molecule has 24 heavy (non-hydrogen) atoms. The number of carbonyl (C=O) groups excluding carboxylic acids is 2. The van der Waals surface area contributed by atoms with Crippen molar-refractivity contribution < 1.29 is 9.59 Å². The summed E-state index contributed by atoms with van der Waals surface area (Å²) in [4.78, 5) is 25.2. The van der Waals surface area contributed by atoms with Crippen LogP contribution in [0.4, 0.5) is 11.4 Å². The van der Waals surface area contributed by atoms with E-state index < -0.39 is 0 Å². The number of nitrogens with zero attached hydrogens (tertiary/aromatic N) is 2. The second-order valence-electron chi connectivity index (χ2n) is 5.66. The highest BCUT2D eigenvalue weighted by Gasteiger charge is 2.29. The van der Waals surface area contributed by atoms with Gasteiger partial charge in [0.1, 0.15) is 6.07 Å². The molecule has 0 radical (unpaired) electrons. The summed E-state index contributed by atoms with van der Waals surface area (Å²) >= 11 is 0. The van der Waals surface area contributed by atoms with E-state index in [1.54, 1.807) is 18.2 Å². The number of benzene rings is 2. The Morgan fingerprint density at radius 3 is 2.42 bits per heavy atom. The van der Waals surface area contributed by atoms with Crippen molar-refractivity contribution in [2.75, 3.05) is 10.2 Å². The summed E-state index contributed by atoms with van der Waals surface area (Å²) < 4.78 is 0. The molecule has 1 aliphatic rings. The van der Waals surface area contributed by atoms with Crippen molar-refractivity contribution >= 4 is 23.2 Å². The first-order valence-corrected chi connectivity index (χ1v) is 7.87. The lowest BCUT2D eigenvalue weighted by Crippen LogP contribution is -2.40. The van der Waals surface area contributed by atoms with E-state index in [1.807, 2.05) is 30.3 Å². The molecule has 1 fully saturated rings. The molecule has 1 saturated heterocycles. The SMILES string of the molecule is N#Cc1cc(NCc2ccccc2)ccc1N1C(=O)CCCC1=O. The van der Waals surface area contributed by atoms with E-state index >= 15 is 0 Å². The topological polar surface area (TPSA) is 73.2 Å². The molecule has 120 valence electrons. The van der Waals surface area contributed by atoms with Crippen molar-refractivity contribution in [3.8, 4) is 6.07 Å². The third kappa shape index (κ3) is 3.28. The molecule has 5 heteroatoms. The number of amides is 2. The molecular weight excluding hydrogens is 302 g/mol. The quantitative estimate of drug-likeness (QED) is 0.878. The summed E-state index contributed by atoms with van der Waals surface area (Å²) in [6.07, 6.45) is 1.25. The predicted octanol–water partition coefficient (Wildman–Crippen LogP) is 3.21. The number of imide groups is 1. The van der Waals surface area contributed by atoms with Gasteiger partial charge in [-0.1, -0.05) is 30.3 Å². The Hall–Kier alpha value is -3.13. The molecule has 2 aromatic rings. The van der Waals surface area contributed by atoms with Crippen LogP contribution >= 0.6 is 0 Å².